The zero-order chi connectivity index (χ0) is 14.0. The quantitative estimate of drug-likeness (QED) is 0.747. The van der Waals surface area contributed by atoms with E-state index >= 15 is 0 Å². The number of benzene rings is 2. The highest BCUT2D eigenvalue weighted by molar-refractivity contribution is 6.22. The Kier molecular flexibility index (Phi) is 4.05. The van der Waals surface area contributed by atoms with Crippen LogP contribution in [0.2, 0.25) is 0 Å². The molecule has 0 bridgehead atoms. The van der Waals surface area contributed by atoms with Gasteiger partial charge >= 0.3 is 0 Å². The van der Waals surface area contributed by atoms with Crippen molar-refractivity contribution in [3.63, 3.8) is 0 Å². The molecule has 0 aliphatic rings. The minimum Gasteiger partial charge on any atom is -0.496 e. The molecule has 0 aliphatic heterocycles. The fourth-order valence-corrected chi connectivity index (χ4v) is 2.13. The van der Waals surface area contributed by atoms with Gasteiger partial charge in [0.1, 0.15) is 5.75 Å². The molecule has 0 radical (unpaired) electrons. The van der Waals surface area contributed by atoms with Crippen molar-refractivity contribution < 1.29 is 13.5 Å². The van der Waals surface area contributed by atoms with Gasteiger partial charge in [-0.05, 0) is 41.8 Å². The van der Waals surface area contributed by atoms with Crippen molar-refractivity contribution >= 4 is 11.6 Å². The zero-order valence-electron chi connectivity index (χ0n) is 10.6. The summed E-state index contributed by atoms with van der Waals surface area (Å²) in [6.07, 6.45) is 0. The number of halogens is 3. The summed E-state index contributed by atoms with van der Waals surface area (Å²) in [6, 6.07) is 9.18. The van der Waals surface area contributed by atoms with E-state index in [4.69, 9.17) is 16.3 Å². The third-order valence-corrected chi connectivity index (χ3v) is 3.47. The average Bonchev–Trinajstić information content (AvgIpc) is 2.41. The molecule has 2 aromatic carbocycles. The molecular formula is C15H13ClF2O. The van der Waals surface area contributed by atoms with Gasteiger partial charge in [-0.25, -0.2) is 8.78 Å². The highest BCUT2D eigenvalue weighted by Crippen LogP contribution is 2.32. The van der Waals surface area contributed by atoms with Crippen LogP contribution in [0.15, 0.2) is 36.4 Å². The van der Waals surface area contributed by atoms with E-state index in [-0.39, 0.29) is 0 Å². The Morgan fingerprint density at radius 3 is 2.26 bits per heavy atom. The second kappa shape index (κ2) is 5.57. The molecule has 1 nitrogen and oxygen atoms in total. The van der Waals surface area contributed by atoms with Gasteiger partial charge in [-0.2, -0.15) is 0 Å². The molecule has 0 spiro atoms. The van der Waals surface area contributed by atoms with Gasteiger partial charge in [0.15, 0.2) is 11.6 Å². The average molecular weight is 283 g/mol. The molecular weight excluding hydrogens is 270 g/mol. The van der Waals surface area contributed by atoms with Crippen LogP contribution in [0.3, 0.4) is 0 Å². The smallest absolute Gasteiger partial charge is 0.159 e. The molecule has 0 heterocycles. The molecule has 1 atom stereocenters. The van der Waals surface area contributed by atoms with Crippen LogP contribution >= 0.6 is 11.6 Å². The van der Waals surface area contributed by atoms with E-state index in [9.17, 15) is 8.78 Å². The second-order valence-electron chi connectivity index (χ2n) is 4.27. The van der Waals surface area contributed by atoms with Crippen LogP contribution in [-0.4, -0.2) is 7.11 Å². The SMILES string of the molecule is COc1cc(C(Cl)c2ccc(F)c(F)c2)ccc1C. The minimum atomic E-state index is -0.901. The lowest BCUT2D eigenvalue weighted by molar-refractivity contribution is 0.411. The van der Waals surface area contributed by atoms with Crippen LogP contribution in [0.1, 0.15) is 22.1 Å². The predicted octanol–water partition coefficient (Wildman–Crippen LogP) is 4.61. The van der Waals surface area contributed by atoms with Gasteiger partial charge in [-0.15, -0.1) is 11.6 Å². The lowest BCUT2D eigenvalue weighted by atomic mass is 10.0. The highest BCUT2D eigenvalue weighted by Gasteiger charge is 2.14. The van der Waals surface area contributed by atoms with Gasteiger partial charge in [0.25, 0.3) is 0 Å². The van der Waals surface area contributed by atoms with Crippen molar-refractivity contribution in [3.8, 4) is 5.75 Å². The van der Waals surface area contributed by atoms with Crippen molar-refractivity contribution in [3.05, 3.63) is 64.7 Å². The van der Waals surface area contributed by atoms with E-state index < -0.39 is 17.0 Å². The lowest BCUT2D eigenvalue weighted by Crippen LogP contribution is -1.97. The first-order valence-electron chi connectivity index (χ1n) is 5.76. The number of hydrogen-bond donors (Lipinski definition) is 0. The Morgan fingerprint density at radius 2 is 1.63 bits per heavy atom. The normalized spacial score (nSPS) is 12.3. The van der Waals surface area contributed by atoms with Crippen LogP contribution in [0.5, 0.6) is 5.75 Å². The van der Waals surface area contributed by atoms with Gasteiger partial charge in [0.2, 0.25) is 0 Å². The fourth-order valence-electron chi connectivity index (χ4n) is 1.86. The molecule has 0 saturated carbocycles. The molecule has 0 aliphatic carbocycles. The maximum atomic E-state index is 13.2. The third-order valence-electron chi connectivity index (χ3n) is 2.96. The number of aryl methyl sites for hydroxylation is 1. The molecule has 0 fully saturated rings. The molecule has 1 unspecified atom stereocenters. The van der Waals surface area contributed by atoms with Gasteiger partial charge in [-0.1, -0.05) is 18.2 Å². The van der Waals surface area contributed by atoms with Gasteiger partial charge in [-0.3, -0.25) is 0 Å². The fraction of sp³-hybridized carbons (Fsp3) is 0.200. The zero-order valence-corrected chi connectivity index (χ0v) is 11.3. The number of hydrogen-bond acceptors (Lipinski definition) is 1. The Hall–Kier alpha value is -1.61. The van der Waals surface area contributed by atoms with Gasteiger partial charge in [0.05, 0.1) is 12.5 Å². The molecule has 2 rings (SSSR count). The van der Waals surface area contributed by atoms with E-state index in [0.29, 0.717) is 11.3 Å². The summed E-state index contributed by atoms with van der Waals surface area (Å²) in [5, 5.41) is -0.551. The Bertz CT molecular complexity index is 599. The summed E-state index contributed by atoms with van der Waals surface area (Å²) in [5.74, 6) is -1.07. The molecule has 2 aromatic rings. The molecule has 4 heteroatoms. The van der Waals surface area contributed by atoms with Gasteiger partial charge in [0, 0.05) is 0 Å². The predicted molar refractivity (Wildman–Crippen MR) is 71.8 cm³/mol. The first kappa shape index (κ1) is 13.8. The molecule has 0 saturated heterocycles. The van der Waals surface area contributed by atoms with E-state index in [1.807, 2.05) is 19.1 Å². The second-order valence-corrected chi connectivity index (χ2v) is 4.70. The lowest BCUT2D eigenvalue weighted by Gasteiger charge is -2.13. The summed E-state index contributed by atoms with van der Waals surface area (Å²) in [6.45, 7) is 1.92. The van der Waals surface area contributed by atoms with E-state index in [0.717, 1.165) is 23.3 Å². The van der Waals surface area contributed by atoms with Crippen molar-refractivity contribution in [2.24, 2.45) is 0 Å². The van der Waals surface area contributed by atoms with Crippen molar-refractivity contribution in [2.75, 3.05) is 7.11 Å². The summed E-state index contributed by atoms with van der Waals surface area (Å²) >= 11 is 6.29. The van der Waals surface area contributed by atoms with Crippen LogP contribution in [0.25, 0.3) is 0 Å². The van der Waals surface area contributed by atoms with Crippen molar-refractivity contribution in [1.82, 2.24) is 0 Å². The molecule has 19 heavy (non-hydrogen) atoms. The Morgan fingerprint density at radius 1 is 1.00 bits per heavy atom. The number of ether oxygens (including phenoxy) is 1. The molecule has 0 N–H and O–H groups in total. The first-order chi connectivity index (χ1) is 9.02. The third kappa shape index (κ3) is 2.87. The van der Waals surface area contributed by atoms with Crippen LogP contribution in [-0.2, 0) is 0 Å². The molecule has 0 aromatic heterocycles. The number of methoxy groups -OCH3 is 1. The Balaban J connectivity index is 2.37. The van der Waals surface area contributed by atoms with E-state index in [1.54, 1.807) is 13.2 Å². The summed E-state index contributed by atoms with van der Waals surface area (Å²) in [5.41, 5.74) is 2.27. The van der Waals surface area contributed by atoms with Crippen molar-refractivity contribution in [2.45, 2.75) is 12.3 Å². The highest BCUT2D eigenvalue weighted by atomic mass is 35.5. The van der Waals surface area contributed by atoms with E-state index in [2.05, 4.69) is 0 Å². The molecule has 0 amide bonds. The monoisotopic (exact) mass is 282 g/mol. The van der Waals surface area contributed by atoms with E-state index in [1.165, 1.54) is 6.07 Å². The standard InChI is InChI=1S/C15H13ClF2O/c1-9-3-4-11(8-14(9)19-2)15(16)10-5-6-12(17)13(18)7-10/h3-8,15H,1-2H3. The van der Waals surface area contributed by atoms with Gasteiger partial charge < -0.3 is 4.74 Å². The minimum absolute atomic E-state index is 0.506. The molecule has 100 valence electrons. The largest absolute Gasteiger partial charge is 0.496 e. The summed E-state index contributed by atoms with van der Waals surface area (Å²) in [7, 11) is 1.58. The van der Waals surface area contributed by atoms with Crippen LogP contribution in [0.4, 0.5) is 8.78 Å². The maximum absolute atomic E-state index is 13.2. The Labute approximate surface area is 115 Å². The number of rotatable bonds is 3. The van der Waals surface area contributed by atoms with Crippen LogP contribution < -0.4 is 4.74 Å². The first-order valence-corrected chi connectivity index (χ1v) is 6.20. The maximum Gasteiger partial charge on any atom is 0.159 e. The summed E-state index contributed by atoms with van der Waals surface area (Å²) < 4.78 is 31.3. The topological polar surface area (TPSA) is 9.23 Å². The summed E-state index contributed by atoms with van der Waals surface area (Å²) in [4.78, 5) is 0. The van der Waals surface area contributed by atoms with Crippen molar-refractivity contribution in [1.29, 1.82) is 0 Å². The number of alkyl halides is 1. The van der Waals surface area contributed by atoms with Crippen LogP contribution in [0, 0.1) is 18.6 Å².